The van der Waals surface area contributed by atoms with Gasteiger partial charge in [-0.05, 0) is 31.0 Å². The highest BCUT2D eigenvalue weighted by Gasteiger charge is 2.19. The van der Waals surface area contributed by atoms with E-state index < -0.39 is 20.0 Å². The van der Waals surface area contributed by atoms with Gasteiger partial charge in [-0.1, -0.05) is 19.3 Å². The monoisotopic (exact) mass is 364 g/mol. The van der Waals surface area contributed by atoms with Gasteiger partial charge in [0.1, 0.15) is 0 Å². The van der Waals surface area contributed by atoms with Gasteiger partial charge in [-0.2, -0.15) is 0 Å². The van der Waals surface area contributed by atoms with Gasteiger partial charge < -0.3 is 0 Å². The summed E-state index contributed by atoms with van der Waals surface area (Å²) in [6, 6.07) is 4.21. The quantitative estimate of drug-likeness (QED) is 0.832. The molecule has 22 heavy (non-hydrogen) atoms. The van der Waals surface area contributed by atoms with Crippen molar-refractivity contribution in [1.82, 2.24) is 0 Å². The van der Waals surface area contributed by atoms with Crippen LogP contribution in [-0.2, 0) is 20.0 Å². The Morgan fingerprint density at radius 1 is 1.14 bits per heavy atom. The Balaban J connectivity index is 2.36. The van der Waals surface area contributed by atoms with Gasteiger partial charge in [0.2, 0.25) is 20.0 Å². The Kier molecular flexibility index (Phi) is 5.41. The average molecular weight is 365 g/mol. The lowest BCUT2D eigenvalue weighted by Gasteiger charge is -2.22. The summed E-state index contributed by atoms with van der Waals surface area (Å²) in [5.41, 5.74) is 0.394. The molecule has 0 bridgehead atoms. The standard InChI is InChI=1S/C13H20N2O4S3/c1-21(16,17)15-12-8-7-11(22(14,18)19)9-13(12)20-10-5-3-2-4-6-10/h7-10,15H,2-6H2,1H3,(H2,14,18,19). The Labute approximate surface area is 136 Å². The zero-order valence-electron chi connectivity index (χ0n) is 12.3. The Morgan fingerprint density at radius 2 is 1.77 bits per heavy atom. The summed E-state index contributed by atoms with van der Waals surface area (Å²) in [5.74, 6) is 0. The average Bonchev–Trinajstić information content (AvgIpc) is 2.39. The zero-order valence-corrected chi connectivity index (χ0v) is 14.7. The van der Waals surface area contributed by atoms with Gasteiger partial charge in [-0.25, -0.2) is 22.0 Å². The minimum Gasteiger partial charge on any atom is -0.283 e. The maximum atomic E-state index is 11.5. The largest absolute Gasteiger partial charge is 0.283 e. The van der Waals surface area contributed by atoms with Gasteiger partial charge in [0.05, 0.1) is 16.8 Å². The first-order valence-electron chi connectivity index (χ1n) is 6.96. The van der Waals surface area contributed by atoms with Crippen LogP contribution in [0.1, 0.15) is 32.1 Å². The molecule has 6 nitrogen and oxygen atoms in total. The zero-order chi connectivity index (χ0) is 16.4. The molecule has 1 saturated carbocycles. The van der Waals surface area contributed by atoms with Gasteiger partial charge in [0.25, 0.3) is 0 Å². The minimum absolute atomic E-state index is 0.00939. The summed E-state index contributed by atoms with van der Waals surface area (Å²) in [6.45, 7) is 0. The normalized spacial score (nSPS) is 17.4. The smallest absolute Gasteiger partial charge is 0.238 e. The molecule has 0 aromatic heterocycles. The molecule has 0 heterocycles. The topological polar surface area (TPSA) is 106 Å². The lowest BCUT2D eigenvalue weighted by molar-refractivity contribution is 0.516. The second kappa shape index (κ2) is 6.77. The molecule has 2 rings (SSSR count). The molecule has 1 fully saturated rings. The molecule has 1 aromatic carbocycles. The van der Waals surface area contributed by atoms with Crippen LogP contribution in [-0.4, -0.2) is 28.3 Å². The van der Waals surface area contributed by atoms with Gasteiger partial charge >= 0.3 is 0 Å². The summed E-state index contributed by atoms with van der Waals surface area (Å²) < 4.78 is 48.4. The molecule has 1 aliphatic rings. The fourth-order valence-corrected chi connectivity index (χ4v) is 5.05. The first-order chi connectivity index (χ1) is 10.1. The number of thioether (sulfide) groups is 1. The summed E-state index contributed by atoms with van der Waals surface area (Å²) >= 11 is 1.52. The maximum absolute atomic E-state index is 11.5. The summed E-state index contributed by atoms with van der Waals surface area (Å²) in [5, 5.41) is 5.53. The highest BCUT2D eigenvalue weighted by Crippen LogP contribution is 2.38. The summed E-state index contributed by atoms with van der Waals surface area (Å²) in [4.78, 5) is 0.591. The summed E-state index contributed by atoms with van der Waals surface area (Å²) in [7, 11) is -7.25. The molecular weight excluding hydrogens is 344 g/mol. The number of primary sulfonamides is 1. The van der Waals surface area contributed by atoms with Gasteiger partial charge in [-0.3, -0.25) is 4.72 Å². The van der Waals surface area contributed by atoms with E-state index in [1.165, 1.54) is 36.4 Å². The van der Waals surface area contributed by atoms with Crippen molar-refractivity contribution < 1.29 is 16.8 Å². The Morgan fingerprint density at radius 3 is 2.32 bits per heavy atom. The second-order valence-corrected chi connectivity index (χ2v) is 10.1. The van der Waals surface area contributed by atoms with E-state index in [0.29, 0.717) is 15.8 Å². The highest BCUT2D eigenvalue weighted by molar-refractivity contribution is 8.00. The van der Waals surface area contributed by atoms with Crippen LogP contribution in [0.3, 0.4) is 0 Å². The molecule has 124 valence electrons. The van der Waals surface area contributed by atoms with E-state index in [0.717, 1.165) is 31.9 Å². The van der Waals surface area contributed by atoms with E-state index in [2.05, 4.69) is 4.72 Å². The van der Waals surface area contributed by atoms with Crippen molar-refractivity contribution in [2.45, 2.75) is 47.1 Å². The number of sulfonamides is 2. The predicted octanol–water partition coefficient (Wildman–Crippen LogP) is 2.13. The third-order valence-corrected chi connectivity index (χ3v) is 6.32. The molecular formula is C13H20N2O4S3. The lowest BCUT2D eigenvalue weighted by Crippen LogP contribution is -2.15. The Hall–Kier alpha value is -0.770. The SMILES string of the molecule is CS(=O)(=O)Nc1ccc(S(N)(=O)=O)cc1SC1CCCCC1. The van der Waals surface area contributed by atoms with Crippen molar-refractivity contribution in [2.24, 2.45) is 5.14 Å². The van der Waals surface area contributed by atoms with E-state index in [1.807, 2.05) is 0 Å². The molecule has 0 atom stereocenters. The predicted molar refractivity (Wildman–Crippen MR) is 89.0 cm³/mol. The molecule has 3 N–H and O–H groups in total. The number of rotatable bonds is 5. The molecule has 9 heteroatoms. The van der Waals surface area contributed by atoms with Gasteiger partial charge in [0.15, 0.2) is 0 Å². The van der Waals surface area contributed by atoms with Crippen molar-refractivity contribution >= 4 is 37.5 Å². The van der Waals surface area contributed by atoms with E-state index in [9.17, 15) is 16.8 Å². The molecule has 0 radical (unpaired) electrons. The Bertz CT molecular complexity index is 739. The van der Waals surface area contributed by atoms with E-state index in [-0.39, 0.29) is 4.90 Å². The van der Waals surface area contributed by atoms with Crippen LogP contribution in [0.15, 0.2) is 28.0 Å². The van der Waals surface area contributed by atoms with E-state index in [1.54, 1.807) is 0 Å². The molecule has 0 saturated heterocycles. The van der Waals surface area contributed by atoms with Crippen LogP contribution in [0, 0.1) is 0 Å². The lowest BCUT2D eigenvalue weighted by atomic mass is 10.0. The van der Waals surface area contributed by atoms with E-state index >= 15 is 0 Å². The molecule has 0 amide bonds. The number of nitrogens with one attached hydrogen (secondary N) is 1. The number of hydrogen-bond acceptors (Lipinski definition) is 5. The van der Waals surface area contributed by atoms with Gasteiger partial charge in [-0.15, -0.1) is 11.8 Å². The highest BCUT2D eigenvalue weighted by atomic mass is 32.2. The molecule has 1 aliphatic carbocycles. The van der Waals surface area contributed by atoms with Crippen LogP contribution in [0.4, 0.5) is 5.69 Å². The van der Waals surface area contributed by atoms with Crippen LogP contribution >= 0.6 is 11.8 Å². The van der Waals surface area contributed by atoms with Gasteiger partial charge in [0, 0.05) is 10.1 Å². The number of benzene rings is 1. The van der Waals surface area contributed by atoms with Crippen molar-refractivity contribution in [3.8, 4) is 0 Å². The summed E-state index contributed by atoms with van der Waals surface area (Å²) in [6.07, 6.45) is 6.65. The van der Waals surface area contributed by atoms with Crippen molar-refractivity contribution in [3.63, 3.8) is 0 Å². The fourth-order valence-electron chi connectivity index (χ4n) is 2.42. The molecule has 0 spiro atoms. The molecule has 0 unspecified atom stereocenters. The molecule has 1 aromatic rings. The third kappa shape index (κ3) is 5.15. The number of hydrogen-bond donors (Lipinski definition) is 2. The minimum atomic E-state index is -3.82. The van der Waals surface area contributed by atoms with Crippen LogP contribution in [0.5, 0.6) is 0 Å². The fraction of sp³-hybridized carbons (Fsp3) is 0.538. The van der Waals surface area contributed by atoms with Crippen molar-refractivity contribution in [2.75, 3.05) is 11.0 Å². The first kappa shape index (κ1) is 17.6. The van der Waals surface area contributed by atoms with Crippen LogP contribution in [0.25, 0.3) is 0 Å². The maximum Gasteiger partial charge on any atom is 0.238 e. The first-order valence-corrected chi connectivity index (χ1v) is 11.3. The second-order valence-electron chi connectivity index (χ2n) is 5.46. The van der Waals surface area contributed by atoms with Crippen LogP contribution in [0.2, 0.25) is 0 Å². The van der Waals surface area contributed by atoms with Crippen LogP contribution < -0.4 is 9.86 Å². The van der Waals surface area contributed by atoms with Crippen molar-refractivity contribution in [3.05, 3.63) is 18.2 Å². The molecule has 0 aliphatic heterocycles. The number of nitrogens with two attached hydrogens (primary N) is 1. The third-order valence-electron chi connectivity index (χ3n) is 3.42. The van der Waals surface area contributed by atoms with Crippen molar-refractivity contribution in [1.29, 1.82) is 0 Å². The number of anilines is 1. The van der Waals surface area contributed by atoms with E-state index in [4.69, 9.17) is 5.14 Å².